The van der Waals surface area contributed by atoms with Crippen LogP contribution in [0.3, 0.4) is 0 Å². The van der Waals surface area contributed by atoms with Crippen LogP contribution in [0.15, 0.2) is 96.1 Å². The third-order valence-electron chi connectivity index (χ3n) is 10.4. The second kappa shape index (κ2) is 28.8. The Labute approximate surface area is 410 Å². The van der Waals surface area contributed by atoms with Crippen molar-refractivity contribution in [2.45, 2.75) is 95.1 Å². The van der Waals surface area contributed by atoms with Gasteiger partial charge in [0.25, 0.3) is 0 Å². The van der Waals surface area contributed by atoms with Crippen LogP contribution in [0.2, 0.25) is 0 Å². The van der Waals surface area contributed by atoms with E-state index < -0.39 is 84.1 Å². The Hall–Kier alpha value is -4.15. The second-order valence-electron chi connectivity index (χ2n) is 17.6. The number of nitriles is 2. The zero-order valence-corrected chi connectivity index (χ0v) is 42.1. The topological polar surface area (TPSA) is 250 Å². The predicted molar refractivity (Wildman–Crippen MR) is 252 cm³/mol. The number of ether oxygens (including phenoxy) is 7. The quantitative estimate of drug-likeness (QED) is 0.0143. The molecule has 0 aromatic heterocycles. The van der Waals surface area contributed by atoms with Gasteiger partial charge in [-0.1, -0.05) is 96.1 Å². The summed E-state index contributed by atoms with van der Waals surface area (Å²) < 4.78 is 108. The van der Waals surface area contributed by atoms with E-state index in [9.17, 15) is 19.9 Å². The molecule has 2 heterocycles. The van der Waals surface area contributed by atoms with Gasteiger partial charge in [0.15, 0.2) is 12.1 Å². The molecule has 2 aliphatic heterocycles. The Kier molecular flexibility index (Phi) is 23.3. The zero-order valence-electron chi connectivity index (χ0n) is 40.3. The van der Waals surface area contributed by atoms with Crippen LogP contribution in [0.1, 0.15) is 43.4 Å². The summed E-state index contributed by atoms with van der Waals surface area (Å²) in [6.07, 6.45) is -5.84. The van der Waals surface area contributed by atoms with Gasteiger partial charge >= 0.3 is 15.6 Å². The minimum Gasteiger partial charge on any atom is -0.368 e. The van der Waals surface area contributed by atoms with Crippen LogP contribution in [0.4, 0.5) is 0 Å². The van der Waals surface area contributed by atoms with E-state index in [0.29, 0.717) is 11.0 Å². The van der Waals surface area contributed by atoms with Gasteiger partial charge in [-0.15, -0.1) is 0 Å². The van der Waals surface area contributed by atoms with Crippen molar-refractivity contribution in [2.75, 3.05) is 80.5 Å². The highest BCUT2D eigenvalue weighted by Crippen LogP contribution is 2.52. The first-order valence-electron chi connectivity index (χ1n) is 22.8. The van der Waals surface area contributed by atoms with E-state index in [-0.39, 0.29) is 65.7 Å². The normalized spacial score (nSPS) is 23.2. The minimum atomic E-state index is -4.68. The van der Waals surface area contributed by atoms with Crippen molar-refractivity contribution < 1.29 is 73.9 Å². The van der Waals surface area contributed by atoms with Crippen LogP contribution in [0, 0.1) is 22.7 Å². The molecular formula is C47H65N6O15P2+. The molecule has 9 atom stereocenters. The van der Waals surface area contributed by atoms with Crippen molar-refractivity contribution in [3.05, 3.63) is 118 Å². The molecule has 21 nitrogen and oxygen atoms in total. The first kappa shape index (κ1) is 56.8. The highest BCUT2D eigenvalue weighted by atomic mass is 31.2. The number of benzene rings is 3. The third-order valence-corrected chi connectivity index (χ3v) is 13.3. The Morgan fingerprint density at radius 3 is 1.66 bits per heavy atom. The fourth-order valence-corrected chi connectivity index (χ4v) is 9.25. The number of hydrogen-bond donors (Lipinski definition) is 0. The maximum Gasteiger partial charge on any atom is 0.475 e. The largest absolute Gasteiger partial charge is 0.475 e. The Bertz CT molecular complexity index is 2230. The fraction of sp³-hybridized carbons (Fsp3) is 0.574. The summed E-state index contributed by atoms with van der Waals surface area (Å²) in [5.74, 6) is -0.833. The van der Waals surface area contributed by atoms with Gasteiger partial charge < -0.3 is 37.6 Å². The van der Waals surface area contributed by atoms with E-state index in [1.807, 2.05) is 124 Å². The number of phosphoric ester groups is 2. The Balaban J connectivity index is 1.43. The molecule has 2 saturated heterocycles. The van der Waals surface area contributed by atoms with Crippen molar-refractivity contribution in [3.63, 3.8) is 0 Å². The molecule has 0 bridgehead atoms. The lowest BCUT2D eigenvalue weighted by molar-refractivity contribution is -0.870. The number of rotatable bonds is 32. The molecule has 0 aliphatic carbocycles. The van der Waals surface area contributed by atoms with Gasteiger partial charge in [0.2, 0.25) is 0 Å². The van der Waals surface area contributed by atoms with Crippen molar-refractivity contribution in [1.82, 2.24) is 0 Å². The number of hydrogen-bond acceptors (Lipinski definition) is 18. The monoisotopic (exact) mass is 1020 g/mol. The number of phosphoric acid groups is 2. The molecule has 0 radical (unpaired) electrons. The lowest BCUT2D eigenvalue weighted by Crippen LogP contribution is -2.62. The predicted octanol–water partition coefficient (Wildman–Crippen LogP) is 8.16. The molecule has 5 rings (SSSR count). The van der Waals surface area contributed by atoms with Crippen LogP contribution in [0.25, 0.3) is 10.4 Å². The average molecular weight is 1020 g/mol. The van der Waals surface area contributed by atoms with E-state index >= 15 is 0 Å². The molecule has 382 valence electrons. The van der Waals surface area contributed by atoms with Gasteiger partial charge in [-0.2, -0.15) is 10.5 Å². The first-order valence-corrected chi connectivity index (χ1v) is 25.8. The summed E-state index contributed by atoms with van der Waals surface area (Å²) >= 11 is 0. The summed E-state index contributed by atoms with van der Waals surface area (Å²) in [4.78, 5) is 2.85. The SMILES string of the molecule is CC1(C)OC[C@H](CO[C@H]2O[C@H](COP(=O)(OCCC#N)OC[C@H](COP(=O)(OCCC#N)OCC[N+](C)(C)C)N=[N+]=[N-])[C@@H](OCc3ccccc3)[C@H](OCc3ccccc3)[C@H]2OCc2ccccc2)O1. The number of quaternary nitrogens is 1. The zero-order chi connectivity index (χ0) is 50.3. The number of likely N-dealkylation sites (N-methyl/N-ethyl adjacent to an activating group) is 1. The van der Waals surface area contributed by atoms with Crippen LogP contribution in [-0.4, -0.2) is 134 Å². The van der Waals surface area contributed by atoms with Crippen molar-refractivity contribution >= 4 is 15.6 Å². The van der Waals surface area contributed by atoms with Crippen LogP contribution in [0.5, 0.6) is 0 Å². The Morgan fingerprint density at radius 1 is 0.700 bits per heavy atom. The van der Waals surface area contributed by atoms with Crippen LogP contribution < -0.4 is 0 Å². The van der Waals surface area contributed by atoms with Gasteiger partial charge in [0, 0.05) is 4.91 Å². The van der Waals surface area contributed by atoms with Crippen LogP contribution >= 0.6 is 15.6 Å². The summed E-state index contributed by atoms with van der Waals surface area (Å²) in [6.45, 7) is 2.30. The van der Waals surface area contributed by atoms with E-state index in [2.05, 4.69) is 10.0 Å². The molecule has 0 saturated carbocycles. The molecule has 0 N–H and O–H groups in total. The molecular weight excluding hydrogens is 950 g/mol. The minimum absolute atomic E-state index is 0.0318. The van der Waals surface area contributed by atoms with Gasteiger partial charge in [-0.05, 0) is 36.1 Å². The summed E-state index contributed by atoms with van der Waals surface area (Å²) in [5, 5.41) is 22.1. The van der Waals surface area contributed by atoms with Gasteiger partial charge in [0.05, 0.1) is 118 Å². The van der Waals surface area contributed by atoms with E-state index in [4.69, 9.17) is 65.6 Å². The van der Waals surface area contributed by atoms with E-state index in [1.54, 1.807) is 13.8 Å². The Morgan fingerprint density at radius 2 is 1.19 bits per heavy atom. The van der Waals surface area contributed by atoms with E-state index in [0.717, 1.165) is 16.7 Å². The molecule has 3 aromatic carbocycles. The molecule has 70 heavy (non-hydrogen) atoms. The lowest BCUT2D eigenvalue weighted by Gasteiger charge is -2.46. The molecule has 0 amide bonds. The molecule has 23 heteroatoms. The third kappa shape index (κ3) is 20.2. The summed E-state index contributed by atoms with van der Waals surface area (Å²) in [5.41, 5.74) is 12.0. The molecule has 0 spiro atoms. The summed E-state index contributed by atoms with van der Waals surface area (Å²) in [7, 11) is -3.26. The maximum absolute atomic E-state index is 14.6. The first-order chi connectivity index (χ1) is 33.6. The maximum atomic E-state index is 14.6. The van der Waals surface area contributed by atoms with Gasteiger partial charge in [-0.3, -0.25) is 27.1 Å². The highest BCUT2D eigenvalue weighted by molar-refractivity contribution is 7.48. The smallest absolute Gasteiger partial charge is 0.368 e. The average Bonchev–Trinajstić information content (AvgIpc) is 3.70. The number of nitrogens with zero attached hydrogens (tertiary/aromatic N) is 6. The van der Waals surface area contributed by atoms with Gasteiger partial charge in [0.1, 0.15) is 43.7 Å². The molecule has 2 aliphatic rings. The number of azide groups is 1. The standard InChI is InChI=1S/C47H65N6O15P2/c1-47(2)60-35-41(68-47)34-59-46-45(58-31-39-21-13-8-14-22-39)44(57-30-38-19-11-7-12-20-38)43(56-29-37-17-9-6-10-18-37)42(67-46)36-66-70(55,62-27-16-24-49)65-33-40(51-52-50)32-64-69(54,61-26-15-23-48)63-28-25-53(3,4)5/h6-14,17-22,40-46H,15-16,25-36H2,1-5H3/q+1/t40-,41-,42+,43+,44-,45+,46-,69?,70?/m0/s1. The molecule has 2 fully saturated rings. The van der Waals surface area contributed by atoms with Crippen molar-refractivity contribution in [2.24, 2.45) is 5.11 Å². The van der Waals surface area contributed by atoms with Gasteiger partial charge in [-0.25, -0.2) is 9.13 Å². The van der Waals surface area contributed by atoms with Crippen molar-refractivity contribution in [3.8, 4) is 12.1 Å². The lowest BCUT2D eigenvalue weighted by atomic mass is 9.98. The van der Waals surface area contributed by atoms with Crippen LogP contribution in [-0.2, 0) is 89.3 Å². The fourth-order valence-electron chi connectivity index (χ4n) is 6.82. The van der Waals surface area contributed by atoms with E-state index in [1.165, 1.54) is 0 Å². The molecule has 2 unspecified atom stereocenters. The molecule has 3 aromatic rings. The summed E-state index contributed by atoms with van der Waals surface area (Å²) in [6, 6.07) is 31.1. The van der Waals surface area contributed by atoms with Crippen molar-refractivity contribution in [1.29, 1.82) is 10.5 Å². The highest BCUT2D eigenvalue weighted by Gasteiger charge is 2.50. The second-order valence-corrected chi connectivity index (χ2v) is 20.9.